The molecule has 38 heavy (non-hydrogen) atoms. The van der Waals surface area contributed by atoms with E-state index in [1.807, 2.05) is 42.5 Å². The van der Waals surface area contributed by atoms with Gasteiger partial charge in [0.25, 0.3) is 0 Å². The average Bonchev–Trinajstić information content (AvgIpc) is 3.35. The number of methoxy groups -OCH3 is 1. The second-order valence-corrected chi connectivity index (χ2v) is 11.0. The van der Waals surface area contributed by atoms with Crippen molar-refractivity contribution >= 4 is 29.4 Å². The van der Waals surface area contributed by atoms with Crippen molar-refractivity contribution in [3.05, 3.63) is 81.5 Å². The summed E-state index contributed by atoms with van der Waals surface area (Å²) in [5.74, 6) is -0.212. The standard InChI is InChI=1S/C29H31NO7S/c1-28(2,3)37-27(33)30-29(26(32)34-4)15-13-20-11-8-12-22(21(20)17-29)36-23-14-16-38-24(23)25(31)35-18-19-9-6-5-7-10-19/h5-12,14,16H,13,15,17-18H2,1-4H3,(H,30,33)/t29-/m1/s1. The van der Waals surface area contributed by atoms with Crippen LogP contribution < -0.4 is 10.1 Å². The molecule has 3 aromatic rings. The third-order valence-corrected chi connectivity index (χ3v) is 6.97. The van der Waals surface area contributed by atoms with Crippen LogP contribution in [0.2, 0.25) is 0 Å². The topological polar surface area (TPSA) is 100 Å². The van der Waals surface area contributed by atoms with Crippen LogP contribution >= 0.6 is 11.3 Å². The highest BCUT2D eigenvalue weighted by Crippen LogP contribution is 2.39. The number of aryl methyl sites for hydroxylation is 1. The van der Waals surface area contributed by atoms with Crippen molar-refractivity contribution in [2.45, 2.75) is 57.8 Å². The molecule has 8 nitrogen and oxygen atoms in total. The Hall–Kier alpha value is -3.85. The van der Waals surface area contributed by atoms with Crippen LogP contribution in [0.1, 0.15) is 53.6 Å². The molecule has 1 amide bonds. The fourth-order valence-electron chi connectivity index (χ4n) is 4.34. The number of esters is 2. The lowest BCUT2D eigenvalue weighted by atomic mass is 9.77. The fourth-order valence-corrected chi connectivity index (χ4v) is 5.05. The SMILES string of the molecule is COC(=O)[C@@]1(NC(=O)OC(C)(C)C)CCc2cccc(Oc3ccsc3C(=O)OCc3ccccc3)c2C1. The summed E-state index contributed by atoms with van der Waals surface area (Å²) in [5, 5.41) is 4.52. The Morgan fingerprint density at radius 1 is 1.00 bits per heavy atom. The molecule has 0 fully saturated rings. The molecule has 1 heterocycles. The molecule has 1 aliphatic carbocycles. The second-order valence-electron chi connectivity index (χ2n) is 10.0. The van der Waals surface area contributed by atoms with Crippen molar-refractivity contribution in [1.29, 1.82) is 0 Å². The normalized spacial score (nSPS) is 16.6. The summed E-state index contributed by atoms with van der Waals surface area (Å²) >= 11 is 1.22. The molecule has 1 N–H and O–H groups in total. The third-order valence-electron chi connectivity index (χ3n) is 6.09. The summed E-state index contributed by atoms with van der Waals surface area (Å²) in [4.78, 5) is 38.8. The molecule has 0 bridgehead atoms. The molecule has 0 radical (unpaired) electrons. The Morgan fingerprint density at radius 2 is 1.76 bits per heavy atom. The monoisotopic (exact) mass is 537 g/mol. The molecular formula is C29H31NO7S. The molecule has 1 aliphatic rings. The van der Waals surface area contributed by atoms with Gasteiger partial charge >= 0.3 is 18.0 Å². The van der Waals surface area contributed by atoms with Gasteiger partial charge in [-0.2, -0.15) is 0 Å². The van der Waals surface area contributed by atoms with Crippen LogP contribution in [-0.2, 0) is 38.5 Å². The molecule has 0 aliphatic heterocycles. The summed E-state index contributed by atoms with van der Waals surface area (Å²) in [5.41, 5.74) is 0.558. The van der Waals surface area contributed by atoms with E-state index in [0.717, 1.165) is 16.7 Å². The number of thiophene rings is 1. The highest BCUT2D eigenvalue weighted by molar-refractivity contribution is 7.12. The van der Waals surface area contributed by atoms with Crippen LogP contribution in [0, 0.1) is 0 Å². The number of hydrogen-bond acceptors (Lipinski definition) is 8. The van der Waals surface area contributed by atoms with Gasteiger partial charge in [0.1, 0.15) is 23.5 Å². The van der Waals surface area contributed by atoms with E-state index in [1.54, 1.807) is 38.3 Å². The molecule has 0 spiro atoms. The van der Waals surface area contributed by atoms with Crippen LogP contribution in [0.15, 0.2) is 60.0 Å². The van der Waals surface area contributed by atoms with Gasteiger partial charge in [0.15, 0.2) is 10.6 Å². The lowest BCUT2D eigenvalue weighted by Gasteiger charge is -2.37. The van der Waals surface area contributed by atoms with E-state index in [0.29, 0.717) is 29.2 Å². The molecule has 0 saturated carbocycles. The number of ether oxygens (including phenoxy) is 4. The van der Waals surface area contributed by atoms with Crippen molar-refractivity contribution < 1.29 is 33.3 Å². The maximum atomic E-state index is 13.0. The summed E-state index contributed by atoms with van der Waals surface area (Å²) in [6, 6.07) is 16.7. The highest BCUT2D eigenvalue weighted by Gasteiger charge is 2.45. The van der Waals surface area contributed by atoms with Crippen molar-refractivity contribution in [3.63, 3.8) is 0 Å². The van der Waals surface area contributed by atoms with Crippen molar-refractivity contribution in [2.75, 3.05) is 7.11 Å². The van der Waals surface area contributed by atoms with E-state index in [1.165, 1.54) is 18.4 Å². The molecular weight excluding hydrogens is 506 g/mol. The van der Waals surface area contributed by atoms with Crippen LogP contribution in [0.25, 0.3) is 0 Å². The van der Waals surface area contributed by atoms with Gasteiger partial charge in [-0.25, -0.2) is 14.4 Å². The molecule has 1 atom stereocenters. The van der Waals surface area contributed by atoms with Gasteiger partial charge in [-0.05, 0) is 62.3 Å². The first-order valence-corrected chi connectivity index (χ1v) is 13.1. The number of carbonyl (C=O) groups is 3. The van der Waals surface area contributed by atoms with Gasteiger partial charge in [-0.1, -0.05) is 42.5 Å². The average molecular weight is 538 g/mol. The summed E-state index contributed by atoms with van der Waals surface area (Å²) in [6.07, 6.45) is 0.284. The van der Waals surface area contributed by atoms with E-state index in [-0.39, 0.29) is 13.0 Å². The van der Waals surface area contributed by atoms with Gasteiger partial charge in [0.2, 0.25) is 0 Å². The fraction of sp³-hybridized carbons (Fsp3) is 0.345. The number of amides is 1. The second kappa shape index (κ2) is 11.3. The van der Waals surface area contributed by atoms with E-state index >= 15 is 0 Å². The lowest BCUT2D eigenvalue weighted by Crippen LogP contribution is -2.59. The van der Waals surface area contributed by atoms with E-state index in [2.05, 4.69) is 5.32 Å². The largest absolute Gasteiger partial charge is 0.467 e. The minimum atomic E-state index is -1.32. The van der Waals surface area contributed by atoms with Crippen LogP contribution in [0.3, 0.4) is 0 Å². The summed E-state index contributed by atoms with van der Waals surface area (Å²) in [7, 11) is 1.29. The zero-order valence-electron chi connectivity index (χ0n) is 21.9. The molecule has 4 rings (SSSR count). The number of benzene rings is 2. The number of rotatable bonds is 7. The lowest BCUT2D eigenvalue weighted by molar-refractivity contribution is -0.149. The van der Waals surface area contributed by atoms with Crippen LogP contribution in [0.5, 0.6) is 11.5 Å². The first-order chi connectivity index (χ1) is 18.1. The molecule has 1 aromatic heterocycles. The van der Waals surface area contributed by atoms with Gasteiger partial charge in [0, 0.05) is 12.0 Å². The minimum absolute atomic E-state index is 0.141. The van der Waals surface area contributed by atoms with Crippen molar-refractivity contribution in [3.8, 4) is 11.5 Å². The van der Waals surface area contributed by atoms with Crippen LogP contribution in [0.4, 0.5) is 4.79 Å². The first-order valence-electron chi connectivity index (χ1n) is 12.3. The smallest absolute Gasteiger partial charge is 0.408 e. The Morgan fingerprint density at radius 3 is 2.47 bits per heavy atom. The van der Waals surface area contributed by atoms with Crippen molar-refractivity contribution in [1.82, 2.24) is 5.32 Å². The minimum Gasteiger partial charge on any atom is -0.467 e. The number of hydrogen-bond donors (Lipinski definition) is 1. The highest BCUT2D eigenvalue weighted by atomic mass is 32.1. The van der Waals surface area contributed by atoms with E-state index < -0.39 is 29.2 Å². The Balaban J connectivity index is 1.56. The molecule has 0 saturated heterocycles. The molecule has 9 heteroatoms. The van der Waals surface area contributed by atoms with Gasteiger partial charge in [-0.3, -0.25) is 0 Å². The molecule has 2 aromatic carbocycles. The van der Waals surface area contributed by atoms with E-state index in [9.17, 15) is 14.4 Å². The quantitative estimate of drug-likeness (QED) is 0.299. The zero-order valence-corrected chi connectivity index (χ0v) is 22.7. The third kappa shape index (κ3) is 6.34. The van der Waals surface area contributed by atoms with Gasteiger partial charge < -0.3 is 24.3 Å². The zero-order chi connectivity index (χ0) is 27.3. The van der Waals surface area contributed by atoms with Crippen molar-refractivity contribution in [2.24, 2.45) is 0 Å². The first kappa shape index (κ1) is 27.2. The maximum Gasteiger partial charge on any atom is 0.408 e. The van der Waals surface area contributed by atoms with E-state index in [4.69, 9.17) is 18.9 Å². The number of nitrogens with one attached hydrogen (secondary N) is 1. The molecule has 200 valence electrons. The number of fused-ring (bicyclic) bond motifs is 1. The van der Waals surface area contributed by atoms with Gasteiger partial charge in [0.05, 0.1) is 7.11 Å². The number of alkyl carbamates (subject to hydrolysis) is 1. The summed E-state index contributed by atoms with van der Waals surface area (Å²) in [6.45, 7) is 5.41. The predicted molar refractivity (Wildman–Crippen MR) is 143 cm³/mol. The Kier molecular flexibility index (Phi) is 8.06. The predicted octanol–water partition coefficient (Wildman–Crippen LogP) is 5.82. The Labute approximate surface area is 225 Å². The maximum absolute atomic E-state index is 13.0. The summed E-state index contributed by atoms with van der Waals surface area (Å²) < 4.78 is 22.2. The van der Waals surface area contributed by atoms with Crippen LogP contribution in [-0.4, -0.2) is 36.3 Å². The van der Waals surface area contributed by atoms with Gasteiger partial charge in [-0.15, -0.1) is 11.3 Å². The Bertz CT molecular complexity index is 1310. The molecule has 0 unspecified atom stereocenters. The number of carbonyl (C=O) groups excluding carboxylic acids is 3.